The molecule has 1 spiro atoms. The average Bonchev–Trinajstić information content (AvgIpc) is 2.95. The van der Waals surface area contributed by atoms with Crippen molar-refractivity contribution < 1.29 is 23.7 Å². The lowest BCUT2D eigenvalue weighted by Crippen LogP contribution is -2.51. The van der Waals surface area contributed by atoms with Crippen LogP contribution < -0.4 is 5.32 Å². The van der Waals surface area contributed by atoms with Gasteiger partial charge in [0.15, 0.2) is 5.79 Å². The molecule has 1 saturated heterocycles. The lowest BCUT2D eigenvalue weighted by atomic mass is 9.87. The summed E-state index contributed by atoms with van der Waals surface area (Å²) < 4.78 is 28.0. The predicted molar refractivity (Wildman–Crippen MR) is 78.4 cm³/mol. The van der Waals surface area contributed by atoms with Crippen molar-refractivity contribution in [2.75, 3.05) is 53.8 Å². The van der Waals surface area contributed by atoms with Crippen molar-refractivity contribution >= 4 is 0 Å². The maximum atomic E-state index is 6.05. The number of nitrogens with one attached hydrogen (secondary N) is 1. The van der Waals surface area contributed by atoms with E-state index in [1.165, 1.54) is 0 Å². The van der Waals surface area contributed by atoms with Gasteiger partial charge in [0.05, 0.1) is 32.5 Å². The second kappa shape index (κ2) is 9.02. The first-order chi connectivity index (χ1) is 10.3. The Morgan fingerprint density at radius 1 is 1.14 bits per heavy atom. The van der Waals surface area contributed by atoms with E-state index in [-0.39, 0.29) is 6.10 Å². The van der Waals surface area contributed by atoms with Crippen LogP contribution in [0.1, 0.15) is 25.7 Å². The van der Waals surface area contributed by atoms with Crippen molar-refractivity contribution in [1.82, 2.24) is 5.32 Å². The van der Waals surface area contributed by atoms with Gasteiger partial charge in [-0.05, 0) is 19.9 Å². The van der Waals surface area contributed by atoms with Crippen molar-refractivity contribution in [1.29, 1.82) is 0 Å². The quantitative estimate of drug-likeness (QED) is 0.640. The monoisotopic (exact) mass is 303 g/mol. The van der Waals surface area contributed by atoms with Gasteiger partial charge in [-0.15, -0.1) is 0 Å². The Morgan fingerprint density at radius 3 is 2.67 bits per heavy atom. The Balaban J connectivity index is 1.66. The van der Waals surface area contributed by atoms with E-state index in [0.29, 0.717) is 45.7 Å². The highest BCUT2D eigenvalue weighted by Crippen LogP contribution is 2.37. The molecule has 2 unspecified atom stereocenters. The van der Waals surface area contributed by atoms with Crippen LogP contribution in [-0.4, -0.2) is 71.7 Å². The molecule has 2 atom stereocenters. The van der Waals surface area contributed by atoms with Gasteiger partial charge in [-0.25, -0.2) is 0 Å². The second-order valence-electron chi connectivity index (χ2n) is 5.61. The molecule has 0 aromatic rings. The Bertz CT molecular complexity index is 283. The van der Waals surface area contributed by atoms with E-state index in [4.69, 9.17) is 23.7 Å². The van der Waals surface area contributed by atoms with Gasteiger partial charge < -0.3 is 29.0 Å². The SMILES string of the molecule is CNC1CCC2(CC1OCCCOCCOC)OCCO2. The van der Waals surface area contributed by atoms with E-state index in [0.717, 1.165) is 25.7 Å². The third-order valence-corrected chi connectivity index (χ3v) is 4.18. The third kappa shape index (κ3) is 5.16. The first kappa shape index (κ1) is 17.1. The highest BCUT2D eigenvalue weighted by atomic mass is 16.7. The zero-order valence-electron chi connectivity index (χ0n) is 13.3. The molecule has 0 aromatic carbocycles. The van der Waals surface area contributed by atoms with E-state index >= 15 is 0 Å². The molecule has 1 heterocycles. The fourth-order valence-electron chi connectivity index (χ4n) is 3.02. The van der Waals surface area contributed by atoms with Gasteiger partial charge in [-0.3, -0.25) is 0 Å². The van der Waals surface area contributed by atoms with Gasteiger partial charge in [-0.1, -0.05) is 0 Å². The molecule has 2 aliphatic rings. The third-order valence-electron chi connectivity index (χ3n) is 4.18. The predicted octanol–water partition coefficient (Wildman–Crippen LogP) is 0.940. The Labute approximate surface area is 127 Å². The number of ether oxygens (including phenoxy) is 5. The van der Waals surface area contributed by atoms with Crippen molar-refractivity contribution in [3.05, 3.63) is 0 Å². The second-order valence-corrected chi connectivity index (χ2v) is 5.61. The number of likely N-dealkylation sites (N-methyl/N-ethyl adjacent to an activating group) is 1. The molecule has 1 N–H and O–H groups in total. The molecular weight excluding hydrogens is 274 g/mol. The fraction of sp³-hybridized carbons (Fsp3) is 1.00. The van der Waals surface area contributed by atoms with Crippen LogP contribution in [0, 0.1) is 0 Å². The van der Waals surface area contributed by atoms with Crippen molar-refractivity contribution in [3.63, 3.8) is 0 Å². The number of hydrogen-bond acceptors (Lipinski definition) is 6. The topological polar surface area (TPSA) is 58.2 Å². The highest BCUT2D eigenvalue weighted by molar-refractivity contribution is 4.91. The Hall–Kier alpha value is -0.240. The van der Waals surface area contributed by atoms with Gasteiger partial charge in [0, 0.05) is 39.2 Å². The minimum absolute atomic E-state index is 0.140. The summed E-state index contributed by atoms with van der Waals surface area (Å²) in [5.41, 5.74) is 0. The standard InChI is InChI=1S/C15H29NO5/c1-16-13-4-5-15(20-10-11-21-15)12-14(13)19-7-3-6-18-9-8-17-2/h13-14,16H,3-12H2,1-2H3. The van der Waals surface area contributed by atoms with Crippen LogP contribution >= 0.6 is 0 Å². The van der Waals surface area contributed by atoms with Crippen LogP contribution in [0.3, 0.4) is 0 Å². The van der Waals surface area contributed by atoms with Crippen molar-refractivity contribution in [2.24, 2.45) is 0 Å². The Kier molecular flexibility index (Phi) is 7.36. The van der Waals surface area contributed by atoms with Gasteiger partial charge in [-0.2, -0.15) is 0 Å². The molecule has 124 valence electrons. The van der Waals surface area contributed by atoms with E-state index in [1.54, 1.807) is 7.11 Å². The van der Waals surface area contributed by atoms with Gasteiger partial charge in [0.2, 0.25) is 0 Å². The zero-order chi connectivity index (χ0) is 15.0. The minimum atomic E-state index is -0.396. The molecule has 21 heavy (non-hydrogen) atoms. The molecule has 0 bridgehead atoms. The lowest BCUT2D eigenvalue weighted by Gasteiger charge is -2.40. The summed E-state index contributed by atoms with van der Waals surface area (Å²) in [6.45, 7) is 4.09. The van der Waals surface area contributed by atoms with Crippen molar-refractivity contribution in [2.45, 2.75) is 43.6 Å². The molecule has 2 rings (SSSR count). The summed E-state index contributed by atoms with van der Waals surface area (Å²) in [5.74, 6) is -0.396. The van der Waals surface area contributed by atoms with Crippen LogP contribution in [0.5, 0.6) is 0 Å². The molecule has 0 amide bonds. The van der Waals surface area contributed by atoms with E-state index < -0.39 is 5.79 Å². The maximum Gasteiger partial charge on any atom is 0.171 e. The van der Waals surface area contributed by atoms with Crippen LogP contribution in [-0.2, 0) is 23.7 Å². The fourth-order valence-corrected chi connectivity index (χ4v) is 3.02. The van der Waals surface area contributed by atoms with E-state index in [9.17, 15) is 0 Å². The van der Waals surface area contributed by atoms with Crippen LogP contribution in [0.15, 0.2) is 0 Å². The minimum Gasteiger partial charge on any atom is -0.382 e. The summed E-state index contributed by atoms with van der Waals surface area (Å²) >= 11 is 0. The van der Waals surface area contributed by atoms with Crippen molar-refractivity contribution in [3.8, 4) is 0 Å². The number of hydrogen-bond donors (Lipinski definition) is 1. The van der Waals surface area contributed by atoms with Crippen LogP contribution in [0.4, 0.5) is 0 Å². The van der Waals surface area contributed by atoms with Gasteiger partial charge in [0.25, 0.3) is 0 Å². The first-order valence-corrected chi connectivity index (χ1v) is 7.93. The molecule has 0 radical (unpaired) electrons. The lowest BCUT2D eigenvalue weighted by molar-refractivity contribution is -0.207. The summed E-state index contributed by atoms with van der Waals surface area (Å²) in [6.07, 6.45) is 3.80. The van der Waals surface area contributed by atoms with Gasteiger partial charge in [0.1, 0.15) is 0 Å². The smallest absolute Gasteiger partial charge is 0.171 e. The molecule has 1 aliphatic heterocycles. The summed E-state index contributed by atoms with van der Waals surface area (Å²) in [5, 5.41) is 3.35. The summed E-state index contributed by atoms with van der Waals surface area (Å²) in [6, 6.07) is 0.373. The molecule has 6 nitrogen and oxygen atoms in total. The molecular formula is C15H29NO5. The summed E-state index contributed by atoms with van der Waals surface area (Å²) in [4.78, 5) is 0. The molecule has 0 aromatic heterocycles. The summed E-state index contributed by atoms with van der Waals surface area (Å²) in [7, 11) is 3.67. The normalized spacial score (nSPS) is 28.3. The van der Waals surface area contributed by atoms with E-state index in [2.05, 4.69) is 5.32 Å². The molecule has 1 aliphatic carbocycles. The van der Waals surface area contributed by atoms with Crippen LogP contribution in [0.2, 0.25) is 0 Å². The largest absolute Gasteiger partial charge is 0.382 e. The molecule has 1 saturated carbocycles. The number of methoxy groups -OCH3 is 1. The number of rotatable bonds is 9. The highest BCUT2D eigenvalue weighted by Gasteiger charge is 2.45. The average molecular weight is 303 g/mol. The zero-order valence-corrected chi connectivity index (χ0v) is 13.3. The Morgan fingerprint density at radius 2 is 1.95 bits per heavy atom. The first-order valence-electron chi connectivity index (χ1n) is 7.93. The van der Waals surface area contributed by atoms with Crippen LogP contribution in [0.25, 0.3) is 0 Å². The maximum absolute atomic E-state index is 6.05. The van der Waals surface area contributed by atoms with Gasteiger partial charge >= 0.3 is 0 Å². The van der Waals surface area contributed by atoms with E-state index in [1.807, 2.05) is 7.05 Å². The molecule has 6 heteroatoms. The molecule has 2 fully saturated rings.